The minimum absolute atomic E-state index is 0.524. The van der Waals surface area contributed by atoms with E-state index in [4.69, 9.17) is 9.15 Å². The molecule has 2 heterocycles. The van der Waals surface area contributed by atoms with Crippen molar-refractivity contribution in [3.8, 4) is 5.75 Å². The van der Waals surface area contributed by atoms with E-state index in [2.05, 4.69) is 23.4 Å². The van der Waals surface area contributed by atoms with Crippen LogP contribution in [0, 0.1) is 6.92 Å². The van der Waals surface area contributed by atoms with Crippen molar-refractivity contribution in [1.82, 2.24) is 15.1 Å². The second-order valence-corrected chi connectivity index (χ2v) is 5.68. The normalized spacial score (nSPS) is 14.6. The predicted molar refractivity (Wildman–Crippen MR) is 80.2 cm³/mol. The molecule has 5 heteroatoms. The molecule has 1 aliphatic rings. The number of nitrogens with zero attached hydrogens (tertiary/aromatic N) is 2. The lowest BCUT2D eigenvalue weighted by molar-refractivity contribution is 0.302. The maximum Gasteiger partial charge on any atom is 0.157 e. The molecule has 3 rings (SSSR count). The van der Waals surface area contributed by atoms with Crippen molar-refractivity contribution in [2.75, 3.05) is 0 Å². The Bertz CT molecular complexity index is 584. The number of aryl methyl sites for hydroxylation is 2. The van der Waals surface area contributed by atoms with E-state index in [0.29, 0.717) is 12.6 Å². The first-order valence-corrected chi connectivity index (χ1v) is 7.71. The van der Waals surface area contributed by atoms with Crippen molar-refractivity contribution < 1.29 is 9.15 Å². The Morgan fingerprint density at radius 1 is 1.48 bits per heavy atom. The topological polar surface area (TPSA) is 52.2 Å². The zero-order chi connectivity index (χ0) is 14.7. The van der Waals surface area contributed by atoms with Gasteiger partial charge in [0.25, 0.3) is 0 Å². The first-order valence-electron chi connectivity index (χ1n) is 7.71. The molecule has 1 N–H and O–H groups in total. The van der Waals surface area contributed by atoms with Crippen molar-refractivity contribution in [3.63, 3.8) is 0 Å². The van der Waals surface area contributed by atoms with E-state index in [9.17, 15) is 0 Å². The Kier molecular flexibility index (Phi) is 4.29. The number of hydrogen-bond donors (Lipinski definition) is 1. The molecule has 114 valence electrons. The van der Waals surface area contributed by atoms with Crippen molar-refractivity contribution in [3.05, 3.63) is 35.5 Å². The van der Waals surface area contributed by atoms with Crippen LogP contribution < -0.4 is 10.1 Å². The second-order valence-electron chi connectivity index (χ2n) is 5.68. The van der Waals surface area contributed by atoms with Crippen molar-refractivity contribution >= 4 is 0 Å². The molecule has 0 unspecified atom stereocenters. The van der Waals surface area contributed by atoms with Crippen LogP contribution in [0.2, 0.25) is 0 Å². The Hall–Kier alpha value is -1.75. The van der Waals surface area contributed by atoms with Crippen LogP contribution in [0.3, 0.4) is 0 Å². The molecule has 0 aromatic carbocycles. The van der Waals surface area contributed by atoms with Crippen LogP contribution in [0.5, 0.6) is 5.75 Å². The average Bonchev–Trinajstić information content (AvgIpc) is 3.09. The fourth-order valence-corrected chi connectivity index (χ4v) is 2.28. The van der Waals surface area contributed by atoms with Crippen molar-refractivity contribution in [1.29, 1.82) is 0 Å². The quantitative estimate of drug-likeness (QED) is 0.811. The maximum atomic E-state index is 5.79. The van der Waals surface area contributed by atoms with Crippen LogP contribution >= 0.6 is 0 Å². The Labute approximate surface area is 125 Å². The number of ether oxygens (including phenoxy) is 1. The van der Waals surface area contributed by atoms with Crippen LogP contribution in [0.4, 0.5) is 0 Å². The molecule has 2 aromatic heterocycles. The molecule has 1 fully saturated rings. The standard InChI is InChI=1S/C16H23N3O2/c1-3-6-19-10-16(9-18-19)20-11-13-7-15(21-12(13)2)8-17-14-4-5-14/h7,9-10,14,17H,3-6,8,11H2,1-2H3. The molecular formula is C16H23N3O2. The summed E-state index contributed by atoms with van der Waals surface area (Å²) in [5.74, 6) is 2.73. The summed E-state index contributed by atoms with van der Waals surface area (Å²) in [7, 11) is 0. The zero-order valence-corrected chi connectivity index (χ0v) is 12.8. The van der Waals surface area contributed by atoms with Gasteiger partial charge in [-0.25, -0.2) is 0 Å². The van der Waals surface area contributed by atoms with E-state index in [1.165, 1.54) is 12.8 Å². The number of aromatic nitrogens is 2. The van der Waals surface area contributed by atoms with Gasteiger partial charge in [0.2, 0.25) is 0 Å². The average molecular weight is 289 g/mol. The molecule has 0 radical (unpaired) electrons. The van der Waals surface area contributed by atoms with Gasteiger partial charge in [0, 0.05) is 18.2 Å². The van der Waals surface area contributed by atoms with Gasteiger partial charge >= 0.3 is 0 Å². The lowest BCUT2D eigenvalue weighted by Crippen LogP contribution is -2.14. The summed E-state index contributed by atoms with van der Waals surface area (Å²) in [6.45, 7) is 6.37. The third kappa shape index (κ3) is 3.88. The first-order chi connectivity index (χ1) is 10.2. The van der Waals surface area contributed by atoms with Gasteiger partial charge < -0.3 is 14.5 Å². The van der Waals surface area contributed by atoms with Gasteiger partial charge in [-0.15, -0.1) is 0 Å². The number of nitrogens with one attached hydrogen (secondary N) is 1. The molecular weight excluding hydrogens is 266 g/mol. The largest absolute Gasteiger partial charge is 0.485 e. The predicted octanol–water partition coefficient (Wildman–Crippen LogP) is 3.03. The third-order valence-corrected chi connectivity index (χ3v) is 3.67. The lowest BCUT2D eigenvalue weighted by atomic mass is 10.2. The summed E-state index contributed by atoms with van der Waals surface area (Å²) in [5.41, 5.74) is 1.10. The van der Waals surface area contributed by atoms with E-state index in [1.54, 1.807) is 6.20 Å². The summed E-state index contributed by atoms with van der Waals surface area (Å²) in [6, 6.07) is 2.78. The third-order valence-electron chi connectivity index (χ3n) is 3.67. The minimum atomic E-state index is 0.524. The van der Waals surface area contributed by atoms with E-state index < -0.39 is 0 Å². The van der Waals surface area contributed by atoms with Gasteiger partial charge in [-0.3, -0.25) is 4.68 Å². The number of furan rings is 1. The summed E-state index contributed by atoms with van der Waals surface area (Å²) in [5, 5.41) is 7.72. The van der Waals surface area contributed by atoms with E-state index >= 15 is 0 Å². The Balaban J connectivity index is 1.53. The molecule has 0 aliphatic heterocycles. The summed E-state index contributed by atoms with van der Waals surface area (Å²) < 4.78 is 13.5. The molecule has 0 atom stereocenters. The van der Waals surface area contributed by atoms with E-state index in [1.807, 2.05) is 17.8 Å². The molecule has 0 amide bonds. The van der Waals surface area contributed by atoms with Gasteiger partial charge in [0.1, 0.15) is 18.1 Å². The first kappa shape index (κ1) is 14.2. The summed E-state index contributed by atoms with van der Waals surface area (Å²) >= 11 is 0. The highest BCUT2D eigenvalue weighted by atomic mass is 16.5. The van der Waals surface area contributed by atoms with Crippen LogP contribution in [0.15, 0.2) is 22.9 Å². The molecule has 0 saturated heterocycles. The SMILES string of the molecule is CCCn1cc(OCc2cc(CNC3CC3)oc2C)cn1. The van der Waals surface area contributed by atoms with Crippen LogP contribution in [0.25, 0.3) is 0 Å². The van der Waals surface area contributed by atoms with E-state index in [-0.39, 0.29) is 0 Å². The highest BCUT2D eigenvalue weighted by molar-refractivity contribution is 5.21. The second kappa shape index (κ2) is 6.35. The summed E-state index contributed by atoms with van der Waals surface area (Å²) in [4.78, 5) is 0. The molecule has 5 nitrogen and oxygen atoms in total. The highest BCUT2D eigenvalue weighted by Crippen LogP contribution is 2.21. The summed E-state index contributed by atoms with van der Waals surface area (Å²) in [6.07, 6.45) is 7.35. The Morgan fingerprint density at radius 2 is 2.33 bits per heavy atom. The minimum Gasteiger partial charge on any atom is -0.485 e. The molecule has 1 aliphatic carbocycles. The fraction of sp³-hybridized carbons (Fsp3) is 0.562. The molecule has 1 saturated carbocycles. The van der Waals surface area contributed by atoms with Gasteiger partial charge in [0.15, 0.2) is 5.75 Å². The van der Waals surface area contributed by atoms with Gasteiger partial charge in [-0.2, -0.15) is 5.10 Å². The number of hydrogen-bond acceptors (Lipinski definition) is 4. The van der Waals surface area contributed by atoms with Gasteiger partial charge in [0.05, 0.1) is 18.9 Å². The van der Waals surface area contributed by atoms with Gasteiger partial charge in [-0.1, -0.05) is 6.92 Å². The number of rotatable bonds is 8. The Morgan fingerprint density at radius 3 is 3.10 bits per heavy atom. The van der Waals surface area contributed by atoms with Crippen LogP contribution in [0.1, 0.15) is 43.3 Å². The van der Waals surface area contributed by atoms with Crippen LogP contribution in [-0.2, 0) is 19.7 Å². The zero-order valence-electron chi connectivity index (χ0n) is 12.8. The van der Waals surface area contributed by atoms with E-state index in [0.717, 1.165) is 42.3 Å². The molecule has 0 spiro atoms. The smallest absolute Gasteiger partial charge is 0.157 e. The maximum absolute atomic E-state index is 5.79. The fourth-order valence-electron chi connectivity index (χ4n) is 2.28. The van der Waals surface area contributed by atoms with Gasteiger partial charge in [-0.05, 0) is 32.3 Å². The molecule has 2 aromatic rings. The lowest BCUT2D eigenvalue weighted by Gasteiger charge is -2.01. The van der Waals surface area contributed by atoms with Crippen molar-refractivity contribution in [2.24, 2.45) is 0 Å². The molecule has 21 heavy (non-hydrogen) atoms. The molecule has 0 bridgehead atoms. The van der Waals surface area contributed by atoms with Crippen LogP contribution in [-0.4, -0.2) is 15.8 Å². The van der Waals surface area contributed by atoms with Crippen molar-refractivity contribution in [2.45, 2.75) is 58.8 Å². The highest BCUT2D eigenvalue weighted by Gasteiger charge is 2.20. The monoisotopic (exact) mass is 289 g/mol.